The maximum absolute atomic E-state index is 14.0. The number of hydrogen-bond donors (Lipinski definition) is 1. The number of hydrogen-bond acceptors (Lipinski definition) is 5. The number of ether oxygens (including phenoxy) is 2. The molecule has 0 aliphatic heterocycles. The number of halogens is 3. The van der Waals surface area contributed by atoms with Crippen LogP contribution in [0, 0.1) is 6.92 Å². The monoisotopic (exact) mass is 389 g/mol. The van der Waals surface area contributed by atoms with E-state index in [1.165, 1.54) is 25.4 Å². The SMILES string of the molecule is COc1ccc(-c2cccc(C)c2)c(C(Oc2ccnc(N)n2)C(F)(F)F)c1. The van der Waals surface area contributed by atoms with Crippen LogP contribution < -0.4 is 15.2 Å². The molecule has 0 fully saturated rings. The number of aromatic nitrogens is 2. The van der Waals surface area contributed by atoms with Crippen molar-refractivity contribution in [3.05, 3.63) is 65.9 Å². The van der Waals surface area contributed by atoms with Crippen molar-refractivity contribution in [1.82, 2.24) is 9.97 Å². The van der Waals surface area contributed by atoms with E-state index in [-0.39, 0.29) is 23.1 Å². The van der Waals surface area contributed by atoms with Crippen molar-refractivity contribution in [2.75, 3.05) is 12.8 Å². The second kappa shape index (κ2) is 7.75. The molecule has 28 heavy (non-hydrogen) atoms. The van der Waals surface area contributed by atoms with Gasteiger partial charge in [0.15, 0.2) is 0 Å². The number of benzene rings is 2. The van der Waals surface area contributed by atoms with Gasteiger partial charge in [0.2, 0.25) is 17.9 Å². The molecule has 0 aliphatic rings. The van der Waals surface area contributed by atoms with Crippen LogP contribution in [0.5, 0.6) is 11.6 Å². The minimum absolute atomic E-state index is 0.0883. The van der Waals surface area contributed by atoms with E-state index in [0.717, 1.165) is 5.56 Å². The van der Waals surface area contributed by atoms with Gasteiger partial charge in [-0.3, -0.25) is 0 Å². The summed E-state index contributed by atoms with van der Waals surface area (Å²) >= 11 is 0. The zero-order chi connectivity index (χ0) is 20.3. The minimum Gasteiger partial charge on any atom is -0.497 e. The van der Waals surface area contributed by atoms with E-state index in [1.807, 2.05) is 13.0 Å². The molecule has 0 bridgehead atoms. The Morgan fingerprint density at radius 3 is 2.50 bits per heavy atom. The normalized spacial score (nSPS) is 12.5. The van der Waals surface area contributed by atoms with Crippen LogP contribution in [0.2, 0.25) is 0 Å². The summed E-state index contributed by atoms with van der Waals surface area (Å²) in [6.07, 6.45) is -5.74. The lowest BCUT2D eigenvalue weighted by Gasteiger charge is -2.24. The Morgan fingerprint density at radius 2 is 1.86 bits per heavy atom. The first kappa shape index (κ1) is 19.5. The Hall–Kier alpha value is -3.29. The number of anilines is 1. The first-order valence-corrected chi connectivity index (χ1v) is 8.35. The van der Waals surface area contributed by atoms with E-state index in [9.17, 15) is 13.2 Å². The first-order valence-electron chi connectivity index (χ1n) is 8.35. The molecule has 1 atom stereocenters. The maximum atomic E-state index is 14.0. The van der Waals surface area contributed by atoms with E-state index in [0.29, 0.717) is 11.1 Å². The van der Waals surface area contributed by atoms with Crippen molar-refractivity contribution in [2.24, 2.45) is 0 Å². The van der Waals surface area contributed by atoms with E-state index in [2.05, 4.69) is 9.97 Å². The number of nitrogens with zero attached hydrogens (tertiary/aromatic N) is 2. The van der Waals surface area contributed by atoms with Crippen LogP contribution in [0.3, 0.4) is 0 Å². The number of nitrogen functional groups attached to an aromatic ring is 1. The highest BCUT2D eigenvalue weighted by Gasteiger charge is 2.44. The third kappa shape index (κ3) is 4.33. The Labute approximate surface area is 160 Å². The molecule has 1 unspecified atom stereocenters. The molecule has 8 heteroatoms. The van der Waals surface area contributed by atoms with Crippen LogP contribution in [0.15, 0.2) is 54.7 Å². The Bertz CT molecular complexity index is 977. The van der Waals surface area contributed by atoms with Gasteiger partial charge >= 0.3 is 6.18 Å². The van der Waals surface area contributed by atoms with Crippen molar-refractivity contribution in [3.8, 4) is 22.8 Å². The van der Waals surface area contributed by atoms with Gasteiger partial charge in [-0.05, 0) is 30.2 Å². The highest BCUT2D eigenvalue weighted by atomic mass is 19.4. The van der Waals surface area contributed by atoms with Crippen molar-refractivity contribution in [3.63, 3.8) is 0 Å². The summed E-state index contributed by atoms with van der Waals surface area (Å²) in [5.41, 5.74) is 7.32. The molecular formula is C20H18F3N3O2. The molecule has 0 saturated carbocycles. The zero-order valence-corrected chi connectivity index (χ0v) is 15.2. The molecule has 5 nitrogen and oxygen atoms in total. The van der Waals surface area contributed by atoms with Gasteiger partial charge in [-0.2, -0.15) is 18.2 Å². The van der Waals surface area contributed by atoms with Gasteiger partial charge in [0.25, 0.3) is 0 Å². The molecule has 0 spiro atoms. The third-order valence-electron chi connectivity index (χ3n) is 4.05. The number of methoxy groups -OCH3 is 1. The van der Waals surface area contributed by atoms with E-state index >= 15 is 0 Å². The lowest BCUT2D eigenvalue weighted by atomic mass is 9.94. The highest BCUT2D eigenvalue weighted by Crippen LogP contribution is 2.42. The summed E-state index contributed by atoms with van der Waals surface area (Å²) in [5, 5.41) is 0. The largest absolute Gasteiger partial charge is 0.497 e. The lowest BCUT2D eigenvalue weighted by molar-refractivity contribution is -0.198. The van der Waals surface area contributed by atoms with Crippen molar-refractivity contribution >= 4 is 5.95 Å². The molecule has 1 aromatic heterocycles. The number of aryl methyl sites for hydroxylation is 1. The van der Waals surface area contributed by atoms with Gasteiger partial charge in [0.05, 0.1) is 7.11 Å². The highest BCUT2D eigenvalue weighted by molar-refractivity contribution is 5.70. The summed E-state index contributed by atoms with van der Waals surface area (Å²) in [6.45, 7) is 1.87. The lowest BCUT2D eigenvalue weighted by Crippen LogP contribution is -2.27. The summed E-state index contributed by atoms with van der Waals surface area (Å²) < 4.78 is 52.2. The smallest absolute Gasteiger partial charge is 0.429 e. The molecule has 0 saturated heterocycles. The summed E-state index contributed by atoms with van der Waals surface area (Å²) in [4.78, 5) is 7.39. The maximum Gasteiger partial charge on any atom is 0.429 e. The molecule has 0 aliphatic carbocycles. The molecule has 0 amide bonds. The molecular weight excluding hydrogens is 371 g/mol. The average Bonchev–Trinajstić information content (AvgIpc) is 2.65. The third-order valence-corrected chi connectivity index (χ3v) is 4.05. The van der Waals surface area contributed by atoms with Crippen molar-refractivity contribution < 1.29 is 22.6 Å². The van der Waals surface area contributed by atoms with Gasteiger partial charge in [0, 0.05) is 17.8 Å². The summed E-state index contributed by atoms with van der Waals surface area (Å²) in [7, 11) is 1.39. The molecule has 1 heterocycles. The fourth-order valence-electron chi connectivity index (χ4n) is 2.81. The Morgan fingerprint density at radius 1 is 1.07 bits per heavy atom. The summed E-state index contributed by atoms with van der Waals surface area (Å²) in [5.74, 6) is -0.165. The van der Waals surface area contributed by atoms with Crippen molar-refractivity contribution in [2.45, 2.75) is 19.2 Å². The second-order valence-corrected chi connectivity index (χ2v) is 6.12. The van der Waals surface area contributed by atoms with E-state index < -0.39 is 12.3 Å². The Kier molecular flexibility index (Phi) is 5.39. The van der Waals surface area contributed by atoms with Crippen LogP contribution in [0.4, 0.5) is 19.1 Å². The fourth-order valence-corrected chi connectivity index (χ4v) is 2.81. The number of alkyl halides is 3. The first-order chi connectivity index (χ1) is 13.3. The van der Waals surface area contributed by atoms with E-state index in [1.54, 1.807) is 30.3 Å². The standard InChI is InChI=1S/C20H18F3N3O2/c1-12-4-3-5-13(10-12)15-7-6-14(27-2)11-16(15)18(20(21,22)23)28-17-8-9-25-19(24)26-17/h3-11,18H,1-2H3,(H2,24,25,26). The predicted octanol–water partition coefficient (Wildman–Crippen LogP) is 4.73. The van der Waals surface area contributed by atoms with Crippen molar-refractivity contribution in [1.29, 1.82) is 0 Å². The summed E-state index contributed by atoms with van der Waals surface area (Å²) in [6, 6.07) is 12.9. The van der Waals surface area contributed by atoms with Crippen LogP contribution in [0.25, 0.3) is 11.1 Å². The number of rotatable bonds is 5. The molecule has 3 aromatic rings. The molecule has 146 valence electrons. The van der Waals surface area contributed by atoms with Crippen LogP contribution in [-0.2, 0) is 0 Å². The average molecular weight is 389 g/mol. The molecule has 2 N–H and O–H groups in total. The van der Waals surface area contributed by atoms with E-state index in [4.69, 9.17) is 15.2 Å². The van der Waals surface area contributed by atoms with Gasteiger partial charge in [-0.25, -0.2) is 4.98 Å². The van der Waals surface area contributed by atoms with Gasteiger partial charge in [-0.15, -0.1) is 0 Å². The van der Waals surface area contributed by atoms with Crippen LogP contribution in [-0.4, -0.2) is 23.3 Å². The van der Waals surface area contributed by atoms with Crippen LogP contribution in [0.1, 0.15) is 17.2 Å². The van der Waals surface area contributed by atoms with Crippen LogP contribution >= 0.6 is 0 Å². The minimum atomic E-state index is -4.70. The molecule has 0 radical (unpaired) electrons. The van der Waals surface area contributed by atoms with Gasteiger partial charge < -0.3 is 15.2 Å². The number of nitrogens with two attached hydrogens (primary N) is 1. The molecule has 2 aromatic carbocycles. The topological polar surface area (TPSA) is 70.3 Å². The molecule has 3 rings (SSSR count). The zero-order valence-electron chi connectivity index (χ0n) is 15.2. The quantitative estimate of drug-likeness (QED) is 0.683. The van der Waals surface area contributed by atoms with Gasteiger partial charge in [0.1, 0.15) is 5.75 Å². The predicted molar refractivity (Wildman–Crippen MR) is 99.0 cm³/mol. The fraction of sp³-hybridized carbons (Fsp3) is 0.200. The van der Waals surface area contributed by atoms with Gasteiger partial charge in [-0.1, -0.05) is 35.9 Å². The Balaban J connectivity index is 2.15. The second-order valence-electron chi connectivity index (χ2n) is 6.12.